The summed E-state index contributed by atoms with van der Waals surface area (Å²) in [6.45, 7) is 1.54. The Labute approximate surface area is 157 Å². The van der Waals surface area contributed by atoms with Crippen molar-refractivity contribution in [2.45, 2.75) is 22.5 Å². The van der Waals surface area contributed by atoms with Gasteiger partial charge in [0.1, 0.15) is 0 Å². The monoisotopic (exact) mass is 388 g/mol. The Morgan fingerprint density at radius 1 is 1.16 bits per heavy atom. The highest BCUT2D eigenvalue weighted by Crippen LogP contribution is 2.35. The summed E-state index contributed by atoms with van der Waals surface area (Å²) < 4.78 is 9.54. The lowest BCUT2D eigenvalue weighted by Gasteiger charge is -2.08. The Hall–Kier alpha value is -1.74. The van der Waals surface area contributed by atoms with Gasteiger partial charge >= 0.3 is 0 Å². The Morgan fingerprint density at radius 2 is 2.08 bits per heavy atom. The number of ether oxygens (including phenoxy) is 1. The third-order valence-corrected chi connectivity index (χ3v) is 6.59. The van der Waals surface area contributed by atoms with Crippen LogP contribution in [0.5, 0.6) is 0 Å². The van der Waals surface area contributed by atoms with Crippen molar-refractivity contribution in [1.29, 1.82) is 0 Å². The van der Waals surface area contributed by atoms with Crippen LogP contribution in [0.1, 0.15) is 6.42 Å². The number of para-hydroxylation sites is 1. The van der Waals surface area contributed by atoms with E-state index in [2.05, 4.69) is 32.3 Å². The van der Waals surface area contributed by atoms with Crippen LogP contribution in [0.25, 0.3) is 20.9 Å². The standard InChI is InChI=1S/C17H16N4OS3/c1-22-10-5-9-21-15(14-8-4-11-23-14)19-20-16(21)25-17-18-12-6-2-3-7-13(12)24-17/h2-4,6-8,11H,5,9-10H2,1H3. The van der Waals surface area contributed by atoms with Crippen molar-refractivity contribution in [2.75, 3.05) is 13.7 Å². The van der Waals surface area contributed by atoms with Crippen LogP contribution >= 0.6 is 34.4 Å². The molecular formula is C17H16N4OS3. The SMILES string of the molecule is COCCCn1c(Sc2nc3ccccc3s2)nnc1-c1cccs1. The molecular weight excluding hydrogens is 372 g/mol. The molecule has 3 aromatic heterocycles. The number of fused-ring (bicyclic) bond motifs is 1. The van der Waals surface area contributed by atoms with Gasteiger partial charge in [0.05, 0.1) is 15.1 Å². The van der Waals surface area contributed by atoms with Crippen LogP contribution in [-0.4, -0.2) is 33.5 Å². The molecule has 0 aliphatic rings. The van der Waals surface area contributed by atoms with E-state index in [0.717, 1.165) is 38.7 Å². The molecule has 0 bridgehead atoms. The Bertz CT molecular complexity index is 929. The van der Waals surface area contributed by atoms with Gasteiger partial charge in [-0.1, -0.05) is 18.2 Å². The molecule has 0 saturated heterocycles. The van der Waals surface area contributed by atoms with Crippen molar-refractivity contribution in [3.05, 3.63) is 41.8 Å². The van der Waals surface area contributed by atoms with E-state index in [1.165, 1.54) is 4.70 Å². The average Bonchev–Trinajstić information content (AvgIpc) is 3.34. The summed E-state index contributed by atoms with van der Waals surface area (Å²) in [5.74, 6) is 0.912. The zero-order valence-corrected chi connectivity index (χ0v) is 16.0. The molecule has 4 aromatic rings. The van der Waals surface area contributed by atoms with Crippen molar-refractivity contribution in [2.24, 2.45) is 0 Å². The maximum atomic E-state index is 5.20. The lowest BCUT2D eigenvalue weighted by Crippen LogP contribution is -2.04. The van der Waals surface area contributed by atoms with E-state index >= 15 is 0 Å². The van der Waals surface area contributed by atoms with E-state index in [9.17, 15) is 0 Å². The molecule has 5 nitrogen and oxygen atoms in total. The van der Waals surface area contributed by atoms with Crippen LogP contribution < -0.4 is 0 Å². The molecule has 0 aliphatic heterocycles. The van der Waals surface area contributed by atoms with Crippen molar-refractivity contribution < 1.29 is 4.74 Å². The van der Waals surface area contributed by atoms with Crippen LogP contribution in [0.4, 0.5) is 0 Å². The van der Waals surface area contributed by atoms with E-state index in [1.54, 1.807) is 41.5 Å². The molecule has 0 fully saturated rings. The second kappa shape index (κ2) is 7.65. The van der Waals surface area contributed by atoms with Crippen LogP contribution in [0, 0.1) is 0 Å². The highest BCUT2D eigenvalue weighted by atomic mass is 32.2. The normalized spacial score (nSPS) is 11.4. The van der Waals surface area contributed by atoms with Gasteiger partial charge in [0.25, 0.3) is 0 Å². The lowest BCUT2D eigenvalue weighted by molar-refractivity contribution is 0.189. The molecule has 0 radical (unpaired) electrons. The summed E-state index contributed by atoms with van der Waals surface area (Å²) >= 11 is 4.94. The fourth-order valence-corrected chi connectivity index (χ4v) is 5.24. The molecule has 0 aliphatic carbocycles. The smallest absolute Gasteiger partial charge is 0.198 e. The summed E-state index contributed by atoms with van der Waals surface area (Å²) in [5, 5.41) is 11.8. The third-order valence-electron chi connectivity index (χ3n) is 3.64. The highest BCUT2D eigenvalue weighted by molar-refractivity contribution is 8.01. The maximum absolute atomic E-state index is 5.20. The number of benzene rings is 1. The minimum atomic E-state index is 0.716. The predicted molar refractivity (Wildman–Crippen MR) is 104 cm³/mol. The topological polar surface area (TPSA) is 52.8 Å². The fraction of sp³-hybridized carbons (Fsp3) is 0.235. The molecule has 0 N–H and O–H groups in total. The van der Waals surface area contributed by atoms with Gasteiger partial charge < -0.3 is 9.30 Å². The summed E-state index contributed by atoms with van der Waals surface area (Å²) in [4.78, 5) is 5.82. The van der Waals surface area contributed by atoms with Crippen molar-refractivity contribution in [3.8, 4) is 10.7 Å². The number of rotatable bonds is 7. The number of hydrogen-bond donors (Lipinski definition) is 0. The van der Waals surface area contributed by atoms with Gasteiger partial charge in [0.2, 0.25) is 0 Å². The zero-order chi connectivity index (χ0) is 17.1. The van der Waals surface area contributed by atoms with Crippen molar-refractivity contribution in [1.82, 2.24) is 19.7 Å². The molecule has 8 heteroatoms. The quantitative estimate of drug-likeness (QED) is 0.426. The molecule has 4 rings (SSSR count). The first-order valence-corrected chi connectivity index (χ1v) is 10.4. The number of nitrogens with zero attached hydrogens (tertiary/aromatic N) is 4. The van der Waals surface area contributed by atoms with Gasteiger partial charge in [-0.15, -0.1) is 32.9 Å². The molecule has 25 heavy (non-hydrogen) atoms. The van der Waals surface area contributed by atoms with Gasteiger partial charge in [-0.3, -0.25) is 0 Å². The number of methoxy groups -OCH3 is 1. The first kappa shape index (κ1) is 16.7. The fourth-order valence-electron chi connectivity index (χ4n) is 2.49. The third kappa shape index (κ3) is 3.62. The van der Waals surface area contributed by atoms with Gasteiger partial charge in [-0.2, -0.15) is 0 Å². The summed E-state index contributed by atoms with van der Waals surface area (Å²) in [5.41, 5.74) is 1.03. The van der Waals surface area contributed by atoms with Crippen molar-refractivity contribution in [3.63, 3.8) is 0 Å². The number of thiophene rings is 1. The molecule has 1 aromatic carbocycles. The first-order valence-electron chi connectivity index (χ1n) is 7.84. The average molecular weight is 389 g/mol. The Morgan fingerprint density at radius 3 is 2.88 bits per heavy atom. The minimum absolute atomic E-state index is 0.716. The zero-order valence-electron chi connectivity index (χ0n) is 13.6. The second-order valence-corrected chi connectivity index (χ2v) is 8.52. The maximum Gasteiger partial charge on any atom is 0.198 e. The van der Waals surface area contributed by atoms with E-state index in [1.807, 2.05) is 24.3 Å². The molecule has 128 valence electrons. The molecule has 0 amide bonds. The summed E-state index contributed by atoms with van der Waals surface area (Å²) in [6.07, 6.45) is 0.917. The van der Waals surface area contributed by atoms with Gasteiger partial charge in [0.15, 0.2) is 15.3 Å². The highest BCUT2D eigenvalue weighted by Gasteiger charge is 2.17. The van der Waals surface area contributed by atoms with Crippen LogP contribution in [0.3, 0.4) is 0 Å². The van der Waals surface area contributed by atoms with Crippen molar-refractivity contribution >= 4 is 44.7 Å². The Balaban J connectivity index is 1.65. The summed E-state index contributed by atoms with van der Waals surface area (Å²) in [7, 11) is 1.73. The lowest BCUT2D eigenvalue weighted by atomic mass is 10.3. The van der Waals surface area contributed by atoms with Crippen LogP contribution in [0.2, 0.25) is 0 Å². The van der Waals surface area contributed by atoms with Crippen LogP contribution in [0.15, 0.2) is 51.3 Å². The predicted octanol–water partition coefficient (Wildman–Crippen LogP) is 4.80. The van der Waals surface area contributed by atoms with Crippen LogP contribution in [-0.2, 0) is 11.3 Å². The van der Waals surface area contributed by atoms with E-state index < -0.39 is 0 Å². The van der Waals surface area contributed by atoms with E-state index in [-0.39, 0.29) is 0 Å². The molecule has 0 spiro atoms. The molecule has 0 atom stereocenters. The summed E-state index contributed by atoms with van der Waals surface area (Å²) in [6, 6.07) is 12.3. The largest absolute Gasteiger partial charge is 0.385 e. The van der Waals surface area contributed by atoms with Gasteiger partial charge in [0, 0.05) is 20.3 Å². The first-order chi connectivity index (χ1) is 12.3. The number of aromatic nitrogens is 4. The second-order valence-electron chi connectivity index (χ2n) is 5.33. The molecule has 3 heterocycles. The molecule has 0 saturated carbocycles. The number of hydrogen-bond acceptors (Lipinski definition) is 7. The van der Waals surface area contributed by atoms with E-state index in [0.29, 0.717) is 6.61 Å². The number of thiazole rings is 1. The minimum Gasteiger partial charge on any atom is -0.385 e. The van der Waals surface area contributed by atoms with Gasteiger partial charge in [-0.05, 0) is 41.8 Å². The van der Waals surface area contributed by atoms with Gasteiger partial charge in [-0.25, -0.2) is 4.98 Å². The van der Waals surface area contributed by atoms with E-state index in [4.69, 9.17) is 9.72 Å². The molecule has 0 unspecified atom stereocenters. The Kier molecular flexibility index (Phi) is 5.12.